The molecule has 0 spiro atoms. The lowest BCUT2D eigenvalue weighted by Crippen LogP contribution is -2.49. The molecule has 2 aliphatic rings. The number of hydrogen-bond donors (Lipinski definition) is 2. The molecular weight excluding hydrogens is 242 g/mol. The fourth-order valence-corrected chi connectivity index (χ4v) is 3.60. The van der Waals surface area contributed by atoms with Crippen LogP contribution in [0.25, 0.3) is 0 Å². The van der Waals surface area contributed by atoms with Gasteiger partial charge >= 0.3 is 0 Å². The Morgan fingerprint density at radius 3 is 2.76 bits per heavy atom. The highest BCUT2D eigenvalue weighted by Gasteiger charge is 2.35. The molecule has 0 aromatic heterocycles. The first-order chi connectivity index (χ1) is 8.06. The van der Waals surface area contributed by atoms with E-state index in [1.54, 1.807) is 0 Å². The normalized spacial score (nSPS) is 29.7. The van der Waals surface area contributed by atoms with Gasteiger partial charge in [-0.3, -0.25) is 0 Å². The minimum Gasteiger partial charge on any atom is -0.411 e. The summed E-state index contributed by atoms with van der Waals surface area (Å²) in [6.45, 7) is 2.79. The molecular formula is C10H19N3O3S. The maximum absolute atomic E-state index is 12.0. The van der Waals surface area contributed by atoms with Crippen molar-refractivity contribution in [2.24, 2.45) is 11.1 Å². The molecule has 1 aliphatic carbocycles. The SMILES string of the molecule is CCC1CN(S(=O)(=O)NC2CC2)CCC1=NO. The van der Waals surface area contributed by atoms with Gasteiger partial charge in [0, 0.05) is 31.5 Å². The Balaban J connectivity index is 2.03. The molecule has 6 nitrogen and oxygen atoms in total. The first-order valence-corrected chi connectivity index (χ1v) is 7.49. The van der Waals surface area contributed by atoms with E-state index in [0.717, 1.165) is 19.3 Å². The Bertz CT molecular complexity index is 403. The van der Waals surface area contributed by atoms with E-state index in [-0.39, 0.29) is 12.0 Å². The van der Waals surface area contributed by atoms with Gasteiger partial charge in [0.2, 0.25) is 0 Å². The molecule has 1 heterocycles. The number of nitrogens with one attached hydrogen (secondary N) is 1. The highest BCUT2D eigenvalue weighted by molar-refractivity contribution is 7.87. The largest absolute Gasteiger partial charge is 0.411 e. The summed E-state index contributed by atoms with van der Waals surface area (Å²) in [4.78, 5) is 0. The lowest BCUT2D eigenvalue weighted by molar-refractivity contribution is 0.294. The van der Waals surface area contributed by atoms with Gasteiger partial charge in [-0.15, -0.1) is 0 Å². The van der Waals surface area contributed by atoms with Crippen molar-refractivity contribution >= 4 is 15.9 Å². The highest BCUT2D eigenvalue weighted by atomic mass is 32.2. The number of nitrogens with zero attached hydrogens (tertiary/aromatic N) is 2. The van der Waals surface area contributed by atoms with Crippen molar-refractivity contribution in [2.45, 2.75) is 38.6 Å². The predicted molar refractivity (Wildman–Crippen MR) is 64.3 cm³/mol. The van der Waals surface area contributed by atoms with Gasteiger partial charge in [0.25, 0.3) is 10.2 Å². The lowest BCUT2D eigenvalue weighted by Gasteiger charge is -2.31. The second-order valence-corrected chi connectivity index (χ2v) is 6.40. The van der Waals surface area contributed by atoms with E-state index < -0.39 is 10.2 Å². The topological polar surface area (TPSA) is 82.0 Å². The van der Waals surface area contributed by atoms with E-state index in [1.807, 2.05) is 6.92 Å². The van der Waals surface area contributed by atoms with Crippen LogP contribution < -0.4 is 4.72 Å². The summed E-state index contributed by atoms with van der Waals surface area (Å²) < 4.78 is 28.1. The molecule has 1 aliphatic heterocycles. The first kappa shape index (κ1) is 12.8. The minimum atomic E-state index is -3.35. The molecule has 0 bridgehead atoms. The molecule has 1 saturated heterocycles. The molecule has 0 aromatic carbocycles. The first-order valence-electron chi connectivity index (χ1n) is 6.05. The van der Waals surface area contributed by atoms with Gasteiger partial charge in [0.05, 0.1) is 5.71 Å². The van der Waals surface area contributed by atoms with Crippen LogP contribution in [0, 0.1) is 5.92 Å². The summed E-state index contributed by atoms with van der Waals surface area (Å²) >= 11 is 0. The average molecular weight is 261 g/mol. The Morgan fingerprint density at radius 2 is 2.24 bits per heavy atom. The van der Waals surface area contributed by atoms with Crippen molar-refractivity contribution < 1.29 is 13.6 Å². The van der Waals surface area contributed by atoms with E-state index in [4.69, 9.17) is 5.21 Å². The van der Waals surface area contributed by atoms with E-state index in [2.05, 4.69) is 9.88 Å². The fraction of sp³-hybridized carbons (Fsp3) is 0.900. The zero-order valence-corrected chi connectivity index (χ0v) is 10.8. The summed E-state index contributed by atoms with van der Waals surface area (Å²) in [5.74, 6) is 0.0320. The quantitative estimate of drug-likeness (QED) is 0.572. The van der Waals surface area contributed by atoms with Gasteiger partial charge in [-0.2, -0.15) is 17.4 Å². The Labute approximate surface area is 102 Å². The van der Waals surface area contributed by atoms with E-state index in [0.29, 0.717) is 25.2 Å². The monoisotopic (exact) mass is 261 g/mol. The van der Waals surface area contributed by atoms with Crippen molar-refractivity contribution in [3.8, 4) is 0 Å². The van der Waals surface area contributed by atoms with Crippen LogP contribution in [0.4, 0.5) is 0 Å². The molecule has 0 radical (unpaired) electrons. The summed E-state index contributed by atoms with van der Waals surface area (Å²) in [5, 5.41) is 12.1. The molecule has 98 valence electrons. The number of rotatable bonds is 4. The van der Waals surface area contributed by atoms with Gasteiger partial charge < -0.3 is 5.21 Å². The summed E-state index contributed by atoms with van der Waals surface area (Å²) in [5.41, 5.74) is 0.713. The maximum atomic E-state index is 12.0. The molecule has 0 amide bonds. The van der Waals surface area contributed by atoms with Crippen LogP contribution in [0.1, 0.15) is 32.6 Å². The third-order valence-corrected chi connectivity index (χ3v) is 5.01. The smallest absolute Gasteiger partial charge is 0.279 e. The van der Waals surface area contributed by atoms with Crippen molar-refractivity contribution in [3.63, 3.8) is 0 Å². The van der Waals surface area contributed by atoms with Crippen molar-refractivity contribution in [1.29, 1.82) is 0 Å². The van der Waals surface area contributed by atoms with Gasteiger partial charge in [-0.1, -0.05) is 12.1 Å². The lowest BCUT2D eigenvalue weighted by atomic mass is 9.95. The summed E-state index contributed by atoms with van der Waals surface area (Å²) in [6.07, 6.45) is 3.18. The molecule has 2 fully saturated rings. The zero-order chi connectivity index (χ0) is 12.5. The Hall–Kier alpha value is -0.660. The molecule has 1 atom stereocenters. The third-order valence-electron chi connectivity index (χ3n) is 3.37. The van der Waals surface area contributed by atoms with Crippen LogP contribution in [0.3, 0.4) is 0 Å². The number of hydrogen-bond acceptors (Lipinski definition) is 4. The van der Waals surface area contributed by atoms with Crippen molar-refractivity contribution in [3.05, 3.63) is 0 Å². The average Bonchev–Trinajstić information content (AvgIpc) is 3.11. The van der Waals surface area contributed by atoms with Gasteiger partial charge in [0.1, 0.15) is 0 Å². The van der Waals surface area contributed by atoms with Crippen LogP contribution in [-0.4, -0.2) is 42.8 Å². The van der Waals surface area contributed by atoms with E-state index in [9.17, 15) is 8.42 Å². The molecule has 17 heavy (non-hydrogen) atoms. The van der Waals surface area contributed by atoms with Gasteiger partial charge in [0.15, 0.2) is 0 Å². The standard InChI is InChI=1S/C10H19N3O3S/c1-2-8-7-13(6-5-10(8)11-14)17(15,16)12-9-3-4-9/h8-9,12,14H,2-7H2,1H3. The minimum absolute atomic E-state index is 0.0320. The molecule has 2 N–H and O–H groups in total. The van der Waals surface area contributed by atoms with Crippen LogP contribution in [-0.2, 0) is 10.2 Å². The number of piperidine rings is 1. The molecule has 1 saturated carbocycles. The predicted octanol–water partition coefficient (Wildman–Crippen LogP) is 0.545. The second kappa shape index (κ2) is 4.91. The van der Waals surface area contributed by atoms with Crippen LogP contribution in [0.5, 0.6) is 0 Å². The van der Waals surface area contributed by atoms with E-state index >= 15 is 0 Å². The summed E-state index contributed by atoms with van der Waals surface area (Å²) in [6, 6.07) is 0.132. The third kappa shape index (κ3) is 2.97. The second-order valence-electron chi connectivity index (χ2n) is 4.70. The fourth-order valence-electron chi connectivity index (χ4n) is 2.09. The summed E-state index contributed by atoms with van der Waals surface area (Å²) in [7, 11) is -3.35. The van der Waals surface area contributed by atoms with Gasteiger partial charge in [-0.05, 0) is 19.3 Å². The van der Waals surface area contributed by atoms with Crippen molar-refractivity contribution in [2.75, 3.05) is 13.1 Å². The molecule has 1 unspecified atom stereocenters. The molecule has 0 aromatic rings. The van der Waals surface area contributed by atoms with Gasteiger partial charge in [-0.25, -0.2) is 0 Å². The highest BCUT2D eigenvalue weighted by Crippen LogP contribution is 2.23. The maximum Gasteiger partial charge on any atom is 0.279 e. The van der Waals surface area contributed by atoms with Crippen molar-refractivity contribution in [1.82, 2.24) is 9.03 Å². The Morgan fingerprint density at radius 1 is 1.53 bits per heavy atom. The van der Waals surface area contributed by atoms with Crippen LogP contribution in [0.2, 0.25) is 0 Å². The Kier molecular flexibility index (Phi) is 3.70. The molecule has 2 rings (SSSR count). The number of oxime groups is 1. The van der Waals surface area contributed by atoms with E-state index in [1.165, 1.54) is 4.31 Å². The molecule has 7 heteroatoms. The van der Waals surface area contributed by atoms with Crippen LogP contribution in [0.15, 0.2) is 5.16 Å². The van der Waals surface area contributed by atoms with Crippen LogP contribution >= 0.6 is 0 Å². The zero-order valence-electron chi connectivity index (χ0n) is 9.96.